The van der Waals surface area contributed by atoms with E-state index >= 15 is 0 Å². The SMILES string of the molecule is CNCCN1CCOCC1.Cl. The normalized spacial score (nSPS) is 19.4. The molecular weight excluding hydrogens is 164 g/mol. The zero-order valence-electron chi connectivity index (χ0n) is 7.01. The van der Waals surface area contributed by atoms with Crippen molar-refractivity contribution < 1.29 is 4.74 Å². The van der Waals surface area contributed by atoms with Crippen LogP contribution in [0, 0.1) is 0 Å². The third-order valence-electron chi connectivity index (χ3n) is 1.78. The van der Waals surface area contributed by atoms with Crippen LogP contribution < -0.4 is 5.32 Å². The Morgan fingerprint density at radius 1 is 1.36 bits per heavy atom. The van der Waals surface area contributed by atoms with Gasteiger partial charge in [-0.05, 0) is 7.05 Å². The topological polar surface area (TPSA) is 24.5 Å². The van der Waals surface area contributed by atoms with E-state index in [9.17, 15) is 0 Å². The van der Waals surface area contributed by atoms with E-state index < -0.39 is 0 Å². The highest BCUT2D eigenvalue weighted by Gasteiger charge is 2.07. The van der Waals surface area contributed by atoms with Gasteiger partial charge in [0.1, 0.15) is 0 Å². The van der Waals surface area contributed by atoms with Gasteiger partial charge in [-0.15, -0.1) is 12.4 Å². The van der Waals surface area contributed by atoms with Gasteiger partial charge in [0.05, 0.1) is 13.2 Å². The van der Waals surface area contributed by atoms with Crippen LogP contribution in [-0.4, -0.2) is 51.3 Å². The molecule has 1 fully saturated rings. The van der Waals surface area contributed by atoms with Crippen molar-refractivity contribution in [2.75, 3.05) is 46.4 Å². The summed E-state index contributed by atoms with van der Waals surface area (Å²) in [4.78, 5) is 2.42. The third kappa shape index (κ3) is 4.58. The number of rotatable bonds is 3. The maximum atomic E-state index is 5.22. The van der Waals surface area contributed by atoms with Crippen molar-refractivity contribution in [1.82, 2.24) is 10.2 Å². The van der Waals surface area contributed by atoms with Crippen molar-refractivity contribution in [3.05, 3.63) is 0 Å². The number of morpholine rings is 1. The van der Waals surface area contributed by atoms with E-state index in [1.807, 2.05) is 7.05 Å². The second-order valence-corrected chi connectivity index (χ2v) is 2.56. The molecule has 1 saturated heterocycles. The van der Waals surface area contributed by atoms with Gasteiger partial charge >= 0.3 is 0 Å². The number of ether oxygens (including phenoxy) is 1. The van der Waals surface area contributed by atoms with Crippen LogP contribution in [0.3, 0.4) is 0 Å². The monoisotopic (exact) mass is 180 g/mol. The molecular formula is C7H17ClN2O. The first kappa shape index (κ1) is 11.2. The van der Waals surface area contributed by atoms with Gasteiger partial charge in [-0.2, -0.15) is 0 Å². The molecule has 0 aliphatic carbocycles. The summed E-state index contributed by atoms with van der Waals surface area (Å²) in [6.45, 7) is 6.25. The Morgan fingerprint density at radius 2 is 2.00 bits per heavy atom. The number of halogens is 1. The van der Waals surface area contributed by atoms with E-state index in [1.165, 1.54) is 0 Å². The smallest absolute Gasteiger partial charge is 0.0594 e. The summed E-state index contributed by atoms with van der Waals surface area (Å²) < 4.78 is 5.22. The molecule has 11 heavy (non-hydrogen) atoms. The second kappa shape index (κ2) is 6.85. The van der Waals surface area contributed by atoms with Crippen molar-refractivity contribution in [1.29, 1.82) is 0 Å². The van der Waals surface area contributed by atoms with Crippen molar-refractivity contribution >= 4 is 12.4 Å². The van der Waals surface area contributed by atoms with E-state index in [2.05, 4.69) is 10.2 Å². The molecule has 1 aliphatic heterocycles. The van der Waals surface area contributed by atoms with Crippen LogP contribution in [-0.2, 0) is 4.74 Å². The number of hydrogen-bond donors (Lipinski definition) is 1. The molecule has 0 saturated carbocycles. The maximum absolute atomic E-state index is 5.22. The summed E-state index contributed by atoms with van der Waals surface area (Å²) in [5, 5.41) is 3.13. The van der Waals surface area contributed by atoms with Gasteiger partial charge in [0.2, 0.25) is 0 Å². The molecule has 0 radical (unpaired) electrons. The predicted molar refractivity (Wildman–Crippen MR) is 48.4 cm³/mol. The number of nitrogens with one attached hydrogen (secondary N) is 1. The van der Waals surface area contributed by atoms with Crippen molar-refractivity contribution in [2.45, 2.75) is 0 Å². The Kier molecular flexibility index (Phi) is 6.96. The quantitative estimate of drug-likeness (QED) is 0.660. The molecule has 0 amide bonds. The van der Waals surface area contributed by atoms with Crippen molar-refractivity contribution in [3.63, 3.8) is 0 Å². The molecule has 0 atom stereocenters. The number of nitrogens with zero attached hydrogens (tertiary/aromatic N) is 1. The van der Waals surface area contributed by atoms with E-state index in [4.69, 9.17) is 4.74 Å². The molecule has 0 aromatic rings. The standard InChI is InChI=1S/C7H16N2O.ClH/c1-8-2-3-9-4-6-10-7-5-9;/h8H,2-7H2,1H3;1H. The molecule has 1 aliphatic rings. The summed E-state index contributed by atoms with van der Waals surface area (Å²) in [6.07, 6.45) is 0. The molecule has 0 spiro atoms. The molecule has 1 rings (SSSR count). The molecule has 3 nitrogen and oxygen atoms in total. The maximum Gasteiger partial charge on any atom is 0.0594 e. The molecule has 0 aromatic heterocycles. The van der Waals surface area contributed by atoms with E-state index in [0.717, 1.165) is 39.4 Å². The van der Waals surface area contributed by atoms with Crippen LogP contribution in [0.15, 0.2) is 0 Å². The van der Waals surface area contributed by atoms with Gasteiger partial charge in [0.25, 0.3) is 0 Å². The molecule has 1 heterocycles. The minimum absolute atomic E-state index is 0. The Labute approximate surface area is 74.5 Å². The second-order valence-electron chi connectivity index (χ2n) is 2.56. The van der Waals surface area contributed by atoms with E-state index in [-0.39, 0.29) is 12.4 Å². The lowest BCUT2D eigenvalue weighted by atomic mass is 10.4. The lowest BCUT2D eigenvalue weighted by molar-refractivity contribution is 0.0386. The summed E-state index contributed by atoms with van der Waals surface area (Å²) >= 11 is 0. The van der Waals surface area contributed by atoms with Gasteiger partial charge in [-0.1, -0.05) is 0 Å². The Hall–Kier alpha value is 0.170. The highest BCUT2D eigenvalue weighted by atomic mass is 35.5. The fourth-order valence-corrected chi connectivity index (χ4v) is 1.09. The molecule has 0 unspecified atom stereocenters. The lowest BCUT2D eigenvalue weighted by Crippen LogP contribution is -2.39. The minimum atomic E-state index is 0. The molecule has 0 bridgehead atoms. The van der Waals surface area contributed by atoms with E-state index in [0.29, 0.717) is 0 Å². The predicted octanol–water partition coefficient (Wildman–Crippen LogP) is -0.0402. The summed E-state index contributed by atoms with van der Waals surface area (Å²) in [7, 11) is 1.99. The third-order valence-corrected chi connectivity index (χ3v) is 1.78. The van der Waals surface area contributed by atoms with Gasteiger partial charge < -0.3 is 10.1 Å². The van der Waals surface area contributed by atoms with Crippen molar-refractivity contribution in [2.24, 2.45) is 0 Å². The fraction of sp³-hybridized carbons (Fsp3) is 1.00. The van der Waals surface area contributed by atoms with Gasteiger partial charge in [0, 0.05) is 26.2 Å². The first-order valence-corrected chi connectivity index (χ1v) is 3.88. The zero-order chi connectivity index (χ0) is 7.23. The first-order chi connectivity index (χ1) is 4.93. The highest BCUT2D eigenvalue weighted by Crippen LogP contribution is 1.94. The first-order valence-electron chi connectivity index (χ1n) is 3.88. The van der Waals surface area contributed by atoms with Crippen LogP contribution in [0.5, 0.6) is 0 Å². The number of hydrogen-bond acceptors (Lipinski definition) is 3. The molecule has 0 aromatic carbocycles. The largest absolute Gasteiger partial charge is 0.379 e. The molecule has 4 heteroatoms. The van der Waals surface area contributed by atoms with Crippen LogP contribution >= 0.6 is 12.4 Å². The van der Waals surface area contributed by atoms with Crippen LogP contribution in [0.25, 0.3) is 0 Å². The summed E-state index contributed by atoms with van der Waals surface area (Å²) in [5.41, 5.74) is 0. The fourth-order valence-electron chi connectivity index (χ4n) is 1.09. The van der Waals surface area contributed by atoms with Gasteiger partial charge in [0.15, 0.2) is 0 Å². The lowest BCUT2D eigenvalue weighted by Gasteiger charge is -2.26. The van der Waals surface area contributed by atoms with Crippen LogP contribution in [0.2, 0.25) is 0 Å². The Balaban J connectivity index is 0.000001000. The Bertz CT molecular complexity index is 86.5. The van der Waals surface area contributed by atoms with Crippen LogP contribution in [0.1, 0.15) is 0 Å². The van der Waals surface area contributed by atoms with Crippen LogP contribution in [0.4, 0.5) is 0 Å². The van der Waals surface area contributed by atoms with Crippen molar-refractivity contribution in [3.8, 4) is 0 Å². The molecule has 1 N–H and O–H groups in total. The Morgan fingerprint density at radius 3 is 2.55 bits per heavy atom. The molecule has 68 valence electrons. The number of likely N-dealkylation sites (N-methyl/N-ethyl adjacent to an activating group) is 1. The highest BCUT2D eigenvalue weighted by molar-refractivity contribution is 5.85. The van der Waals surface area contributed by atoms with E-state index in [1.54, 1.807) is 0 Å². The average molecular weight is 181 g/mol. The summed E-state index contributed by atoms with van der Waals surface area (Å²) in [5.74, 6) is 0. The van der Waals surface area contributed by atoms with Gasteiger partial charge in [-0.3, -0.25) is 4.90 Å². The minimum Gasteiger partial charge on any atom is -0.379 e. The average Bonchev–Trinajstić information content (AvgIpc) is 2.03. The van der Waals surface area contributed by atoms with Gasteiger partial charge in [-0.25, -0.2) is 0 Å². The zero-order valence-corrected chi connectivity index (χ0v) is 7.82. The summed E-state index contributed by atoms with van der Waals surface area (Å²) in [6, 6.07) is 0.